The van der Waals surface area contributed by atoms with Crippen molar-refractivity contribution < 1.29 is 23.4 Å². The number of hydrogen-bond donors (Lipinski definition) is 1. The van der Waals surface area contributed by atoms with E-state index < -0.39 is 17.6 Å². The number of carboxylic acid groups (broad SMARTS) is 1. The Morgan fingerprint density at radius 3 is 2.37 bits per heavy atom. The van der Waals surface area contributed by atoms with E-state index in [9.17, 15) is 13.6 Å². The highest BCUT2D eigenvalue weighted by Gasteiger charge is 2.11. The van der Waals surface area contributed by atoms with Crippen molar-refractivity contribution in [3.05, 3.63) is 58.1 Å². The summed E-state index contributed by atoms with van der Waals surface area (Å²) in [6, 6.07) is 6.97. The van der Waals surface area contributed by atoms with Gasteiger partial charge in [-0.05, 0) is 46.3 Å². The van der Waals surface area contributed by atoms with Crippen molar-refractivity contribution in [1.82, 2.24) is 0 Å². The first-order valence-electron chi connectivity index (χ1n) is 5.13. The third-order valence-electron chi connectivity index (χ3n) is 2.29. The molecule has 0 aromatic heterocycles. The molecule has 0 unspecified atom stereocenters. The van der Waals surface area contributed by atoms with E-state index in [0.717, 1.165) is 12.1 Å². The smallest absolute Gasteiger partial charge is 0.335 e. The summed E-state index contributed by atoms with van der Waals surface area (Å²) in [4.78, 5) is 10.8. The molecule has 1 N–H and O–H groups in total. The minimum atomic E-state index is -1.08. The number of ether oxygens (including phenoxy) is 1. The van der Waals surface area contributed by atoms with Gasteiger partial charge in [-0.15, -0.1) is 0 Å². The molecule has 0 spiro atoms. The molecule has 2 aromatic carbocycles. The first-order valence-corrected chi connectivity index (χ1v) is 5.92. The van der Waals surface area contributed by atoms with E-state index in [-0.39, 0.29) is 17.1 Å². The molecule has 0 aliphatic heterocycles. The number of hydrogen-bond acceptors (Lipinski definition) is 2. The van der Waals surface area contributed by atoms with Crippen molar-refractivity contribution >= 4 is 21.9 Å². The summed E-state index contributed by atoms with van der Waals surface area (Å²) < 4.78 is 31.7. The Morgan fingerprint density at radius 2 is 1.79 bits per heavy atom. The second-order valence-electron chi connectivity index (χ2n) is 3.63. The van der Waals surface area contributed by atoms with Gasteiger partial charge in [0.05, 0.1) is 10.0 Å². The summed E-state index contributed by atoms with van der Waals surface area (Å²) in [7, 11) is 0. The van der Waals surface area contributed by atoms with Crippen LogP contribution in [-0.2, 0) is 0 Å². The van der Waals surface area contributed by atoms with Crippen LogP contribution in [0.2, 0.25) is 0 Å². The van der Waals surface area contributed by atoms with E-state index >= 15 is 0 Å². The Hall–Kier alpha value is -1.95. The summed E-state index contributed by atoms with van der Waals surface area (Å²) in [5.41, 5.74) is 0.0683. The molecular weight excluding hydrogens is 322 g/mol. The number of carboxylic acids is 1. The van der Waals surface area contributed by atoms with E-state index in [1.807, 2.05) is 0 Å². The monoisotopic (exact) mass is 328 g/mol. The second kappa shape index (κ2) is 5.36. The first kappa shape index (κ1) is 13.5. The van der Waals surface area contributed by atoms with Crippen LogP contribution in [0.4, 0.5) is 8.78 Å². The topological polar surface area (TPSA) is 46.5 Å². The molecular formula is C13H7BrF2O3. The summed E-state index contributed by atoms with van der Waals surface area (Å²) in [6.07, 6.45) is 0. The lowest BCUT2D eigenvalue weighted by Crippen LogP contribution is -1.97. The quantitative estimate of drug-likeness (QED) is 0.917. The average Bonchev–Trinajstić information content (AvgIpc) is 2.34. The average molecular weight is 329 g/mol. The number of halogens is 3. The van der Waals surface area contributed by atoms with Gasteiger partial charge in [-0.3, -0.25) is 0 Å². The van der Waals surface area contributed by atoms with Crippen molar-refractivity contribution in [3.63, 3.8) is 0 Å². The number of carbonyl (C=O) groups is 1. The SMILES string of the molecule is O=C(O)c1ccc(Oc2ccc(F)cc2F)c(Br)c1. The van der Waals surface area contributed by atoms with Gasteiger partial charge >= 0.3 is 5.97 Å². The van der Waals surface area contributed by atoms with Gasteiger partial charge in [-0.2, -0.15) is 0 Å². The summed E-state index contributed by atoms with van der Waals surface area (Å²) in [6.45, 7) is 0. The van der Waals surface area contributed by atoms with Crippen LogP contribution in [0.3, 0.4) is 0 Å². The van der Waals surface area contributed by atoms with E-state index in [1.165, 1.54) is 18.2 Å². The van der Waals surface area contributed by atoms with Crippen molar-refractivity contribution in [2.45, 2.75) is 0 Å². The van der Waals surface area contributed by atoms with E-state index in [2.05, 4.69) is 15.9 Å². The third-order valence-corrected chi connectivity index (χ3v) is 2.91. The van der Waals surface area contributed by atoms with Gasteiger partial charge in [0.15, 0.2) is 11.6 Å². The van der Waals surface area contributed by atoms with Gasteiger partial charge in [0.25, 0.3) is 0 Å². The lowest BCUT2D eigenvalue weighted by atomic mass is 10.2. The predicted molar refractivity (Wildman–Crippen MR) is 67.5 cm³/mol. The highest BCUT2D eigenvalue weighted by atomic mass is 79.9. The van der Waals surface area contributed by atoms with Gasteiger partial charge in [-0.25, -0.2) is 13.6 Å². The lowest BCUT2D eigenvalue weighted by molar-refractivity contribution is 0.0697. The maximum atomic E-state index is 13.4. The van der Waals surface area contributed by atoms with Crippen molar-refractivity contribution in [3.8, 4) is 11.5 Å². The number of benzene rings is 2. The minimum absolute atomic E-state index is 0.0683. The molecule has 0 bridgehead atoms. The van der Waals surface area contributed by atoms with Crippen molar-refractivity contribution in [2.24, 2.45) is 0 Å². The zero-order valence-corrected chi connectivity index (χ0v) is 10.9. The molecule has 0 radical (unpaired) electrons. The van der Waals surface area contributed by atoms with Crippen LogP contribution < -0.4 is 4.74 Å². The summed E-state index contributed by atoms with van der Waals surface area (Å²) in [5.74, 6) is -2.54. The van der Waals surface area contributed by atoms with Crippen LogP contribution in [0, 0.1) is 11.6 Å². The van der Waals surface area contributed by atoms with Crippen LogP contribution in [0.1, 0.15) is 10.4 Å². The van der Waals surface area contributed by atoms with Gasteiger partial charge < -0.3 is 9.84 Å². The Labute approximate surface area is 115 Å². The fourth-order valence-corrected chi connectivity index (χ4v) is 1.85. The van der Waals surface area contributed by atoms with Gasteiger partial charge in [0, 0.05) is 6.07 Å². The van der Waals surface area contributed by atoms with Crippen LogP contribution in [0.25, 0.3) is 0 Å². The number of rotatable bonds is 3. The Balaban J connectivity index is 2.31. The maximum Gasteiger partial charge on any atom is 0.335 e. The molecule has 3 nitrogen and oxygen atoms in total. The molecule has 0 saturated heterocycles. The molecule has 0 fully saturated rings. The molecule has 0 saturated carbocycles. The molecule has 19 heavy (non-hydrogen) atoms. The van der Waals surface area contributed by atoms with Gasteiger partial charge in [-0.1, -0.05) is 0 Å². The van der Waals surface area contributed by atoms with Gasteiger partial charge in [0.1, 0.15) is 11.6 Å². The van der Waals surface area contributed by atoms with Crippen molar-refractivity contribution in [2.75, 3.05) is 0 Å². The second-order valence-corrected chi connectivity index (χ2v) is 4.48. The van der Waals surface area contributed by atoms with Crippen molar-refractivity contribution in [1.29, 1.82) is 0 Å². The molecule has 0 amide bonds. The predicted octanol–water partition coefficient (Wildman–Crippen LogP) is 4.22. The van der Waals surface area contributed by atoms with E-state index in [1.54, 1.807) is 0 Å². The van der Waals surface area contributed by atoms with Crippen LogP contribution >= 0.6 is 15.9 Å². The zero-order valence-electron chi connectivity index (χ0n) is 9.36. The van der Waals surface area contributed by atoms with Gasteiger partial charge in [0.2, 0.25) is 0 Å². The molecule has 0 aliphatic rings. The molecule has 0 heterocycles. The molecule has 2 aromatic rings. The highest BCUT2D eigenvalue weighted by Crippen LogP contribution is 2.31. The Kier molecular flexibility index (Phi) is 3.80. The fourth-order valence-electron chi connectivity index (χ4n) is 1.39. The first-order chi connectivity index (χ1) is 8.97. The number of aromatic carboxylic acids is 1. The maximum absolute atomic E-state index is 13.4. The van der Waals surface area contributed by atoms with E-state index in [4.69, 9.17) is 9.84 Å². The molecule has 0 atom stereocenters. The molecule has 2 rings (SSSR count). The third kappa shape index (κ3) is 3.08. The Bertz CT molecular complexity index is 644. The summed E-state index contributed by atoms with van der Waals surface area (Å²) in [5, 5.41) is 8.80. The van der Waals surface area contributed by atoms with E-state index in [0.29, 0.717) is 10.5 Å². The molecule has 6 heteroatoms. The highest BCUT2D eigenvalue weighted by molar-refractivity contribution is 9.10. The van der Waals surface area contributed by atoms with Crippen LogP contribution in [-0.4, -0.2) is 11.1 Å². The van der Waals surface area contributed by atoms with Crippen LogP contribution in [0.15, 0.2) is 40.9 Å². The molecule has 98 valence electrons. The van der Waals surface area contributed by atoms with Crippen LogP contribution in [0.5, 0.6) is 11.5 Å². The summed E-state index contributed by atoms with van der Waals surface area (Å²) >= 11 is 3.13. The largest absolute Gasteiger partial charge is 0.478 e. The normalized spacial score (nSPS) is 10.3. The fraction of sp³-hybridized carbons (Fsp3) is 0. The standard InChI is InChI=1S/C13H7BrF2O3/c14-9-5-7(13(17)18)1-3-11(9)19-12-4-2-8(15)6-10(12)16/h1-6H,(H,17,18). The lowest BCUT2D eigenvalue weighted by Gasteiger charge is -2.09. The minimum Gasteiger partial charge on any atom is -0.478 e. The molecule has 0 aliphatic carbocycles. The zero-order chi connectivity index (χ0) is 14.0. The Morgan fingerprint density at radius 1 is 1.11 bits per heavy atom.